The molecule has 0 saturated heterocycles. The van der Waals surface area contributed by atoms with Crippen molar-refractivity contribution in [3.8, 4) is 0 Å². The van der Waals surface area contributed by atoms with Crippen molar-refractivity contribution < 1.29 is 0 Å². The molecule has 0 N–H and O–H groups in total. The van der Waals surface area contributed by atoms with Gasteiger partial charge in [-0.1, -0.05) is 61.5 Å². The van der Waals surface area contributed by atoms with E-state index in [-0.39, 0.29) is 10.8 Å². The van der Waals surface area contributed by atoms with Crippen molar-refractivity contribution >= 4 is 23.2 Å². The van der Waals surface area contributed by atoms with Gasteiger partial charge >= 0.3 is 0 Å². The highest BCUT2D eigenvalue weighted by Gasteiger charge is 2.28. The highest BCUT2D eigenvalue weighted by molar-refractivity contribution is 6.30. The van der Waals surface area contributed by atoms with Crippen LogP contribution in [-0.4, -0.2) is 28.7 Å². The molecule has 1 fully saturated rings. The monoisotopic (exact) mass is 403 g/mol. The van der Waals surface area contributed by atoms with Crippen LogP contribution in [0, 0.1) is 0 Å². The molecular formula is C24H31Cl2N. The first kappa shape index (κ1) is 20.7. The van der Waals surface area contributed by atoms with Gasteiger partial charge in [0.2, 0.25) is 0 Å². The Bertz CT molecular complexity index is 671. The van der Waals surface area contributed by atoms with Gasteiger partial charge in [0.25, 0.3) is 0 Å². The Kier molecular flexibility index (Phi) is 8.06. The molecule has 0 aliphatic heterocycles. The molecule has 2 aromatic carbocycles. The van der Waals surface area contributed by atoms with Gasteiger partial charge in [0.15, 0.2) is 0 Å². The van der Waals surface area contributed by atoms with Crippen molar-refractivity contribution in [2.24, 2.45) is 0 Å². The summed E-state index contributed by atoms with van der Waals surface area (Å²) in [7, 11) is 0. The fourth-order valence-electron chi connectivity index (χ4n) is 4.04. The Balaban J connectivity index is 1.45. The lowest BCUT2D eigenvalue weighted by Gasteiger charge is -2.29. The topological polar surface area (TPSA) is 3.24 Å². The summed E-state index contributed by atoms with van der Waals surface area (Å²) in [6.07, 6.45) is 5.51. The number of benzene rings is 2. The first-order valence-corrected chi connectivity index (χ1v) is 11.2. The second-order valence-electron chi connectivity index (χ2n) is 7.74. The maximum absolute atomic E-state index is 6.38. The molecule has 0 amide bonds. The molecule has 0 radical (unpaired) electrons. The van der Waals surface area contributed by atoms with Crippen LogP contribution < -0.4 is 0 Å². The predicted octanol–water partition coefficient (Wildman–Crippen LogP) is 6.62. The summed E-state index contributed by atoms with van der Waals surface area (Å²) in [6, 6.07) is 20.0. The largest absolute Gasteiger partial charge is 0.299 e. The number of rotatable bonds is 8. The molecule has 3 atom stereocenters. The van der Waals surface area contributed by atoms with Crippen LogP contribution in [0.3, 0.4) is 0 Å². The second-order valence-corrected chi connectivity index (χ2v) is 8.86. The molecule has 0 aromatic heterocycles. The average Bonchev–Trinajstić information content (AvgIpc) is 2.70. The highest BCUT2D eigenvalue weighted by atomic mass is 35.5. The van der Waals surface area contributed by atoms with E-state index in [2.05, 4.69) is 66.4 Å². The SMILES string of the molecule is CCN(CCCc1ccc(C2CCC(Cl)C(Cl)C2)cc1)Cc1ccccc1. The standard InChI is InChI=1S/C24H31Cl2N/c1-2-27(18-20-7-4-3-5-8-20)16-6-9-19-10-12-21(13-11-19)22-14-15-23(25)24(26)17-22/h3-5,7-8,10-13,22-24H,2,6,9,14-18H2,1H3. The Morgan fingerprint density at radius 1 is 0.889 bits per heavy atom. The molecule has 3 rings (SSSR count). The van der Waals surface area contributed by atoms with Gasteiger partial charge in [-0.3, -0.25) is 4.90 Å². The zero-order chi connectivity index (χ0) is 19.1. The predicted molar refractivity (Wildman–Crippen MR) is 118 cm³/mol. The van der Waals surface area contributed by atoms with E-state index in [1.165, 1.54) is 23.1 Å². The third kappa shape index (κ3) is 6.24. The molecule has 0 heterocycles. The van der Waals surface area contributed by atoms with Gasteiger partial charge in [-0.2, -0.15) is 0 Å². The van der Waals surface area contributed by atoms with E-state index in [0.29, 0.717) is 5.92 Å². The van der Waals surface area contributed by atoms with Gasteiger partial charge in [-0.15, -0.1) is 23.2 Å². The number of hydrogen-bond acceptors (Lipinski definition) is 1. The summed E-state index contributed by atoms with van der Waals surface area (Å²) in [5, 5.41) is 0.245. The number of aryl methyl sites for hydroxylation is 1. The fourth-order valence-corrected chi connectivity index (χ4v) is 4.61. The van der Waals surface area contributed by atoms with Crippen molar-refractivity contribution in [2.45, 2.75) is 62.2 Å². The quantitative estimate of drug-likeness (QED) is 0.447. The van der Waals surface area contributed by atoms with Crippen LogP contribution in [0.4, 0.5) is 0 Å². The molecule has 0 bridgehead atoms. The van der Waals surface area contributed by atoms with Gasteiger partial charge in [0.1, 0.15) is 0 Å². The zero-order valence-electron chi connectivity index (χ0n) is 16.3. The maximum Gasteiger partial charge on any atom is 0.0505 e. The first-order chi connectivity index (χ1) is 13.2. The van der Waals surface area contributed by atoms with Crippen LogP contribution in [0.25, 0.3) is 0 Å². The van der Waals surface area contributed by atoms with Crippen molar-refractivity contribution in [3.05, 3.63) is 71.3 Å². The summed E-state index contributed by atoms with van der Waals surface area (Å²) in [5.74, 6) is 0.568. The highest BCUT2D eigenvalue weighted by Crippen LogP contribution is 2.37. The summed E-state index contributed by atoms with van der Waals surface area (Å²) in [6.45, 7) is 5.52. The van der Waals surface area contributed by atoms with E-state index in [1.807, 2.05) is 0 Å². The van der Waals surface area contributed by atoms with Crippen LogP contribution in [0.15, 0.2) is 54.6 Å². The number of nitrogens with zero attached hydrogens (tertiary/aromatic N) is 1. The van der Waals surface area contributed by atoms with Crippen LogP contribution >= 0.6 is 23.2 Å². The number of alkyl halides is 2. The van der Waals surface area contributed by atoms with Crippen LogP contribution in [0.5, 0.6) is 0 Å². The summed E-state index contributed by atoms with van der Waals surface area (Å²) < 4.78 is 0. The van der Waals surface area contributed by atoms with Crippen molar-refractivity contribution in [1.29, 1.82) is 0 Å². The van der Waals surface area contributed by atoms with Crippen molar-refractivity contribution in [2.75, 3.05) is 13.1 Å². The Labute approximate surface area is 174 Å². The summed E-state index contributed by atoms with van der Waals surface area (Å²) in [5.41, 5.74) is 4.25. The lowest BCUT2D eigenvalue weighted by Crippen LogP contribution is -2.24. The van der Waals surface area contributed by atoms with Crippen molar-refractivity contribution in [1.82, 2.24) is 4.90 Å². The minimum Gasteiger partial charge on any atom is -0.299 e. The summed E-state index contributed by atoms with van der Waals surface area (Å²) in [4.78, 5) is 2.52. The third-order valence-electron chi connectivity index (χ3n) is 5.78. The maximum atomic E-state index is 6.38. The molecule has 1 aliphatic rings. The smallest absolute Gasteiger partial charge is 0.0505 e. The van der Waals surface area contributed by atoms with Crippen molar-refractivity contribution in [3.63, 3.8) is 0 Å². The molecule has 146 valence electrons. The normalized spacial score (nSPS) is 22.9. The van der Waals surface area contributed by atoms with E-state index in [0.717, 1.165) is 45.3 Å². The minimum atomic E-state index is 0.106. The fraction of sp³-hybridized carbons (Fsp3) is 0.500. The van der Waals surface area contributed by atoms with E-state index in [4.69, 9.17) is 23.2 Å². The van der Waals surface area contributed by atoms with Gasteiger partial charge < -0.3 is 0 Å². The number of hydrogen-bond donors (Lipinski definition) is 0. The van der Waals surface area contributed by atoms with E-state index >= 15 is 0 Å². The Morgan fingerprint density at radius 2 is 1.63 bits per heavy atom. The van der Waals surface area contributed by atoms with Crippen LogP contribution in [0.2, 0.25) is 0 Å². The molecule has 27 heavy (non-hydrogen) atoms. The molecule has 1 nitrogen and oxygen atoms in total. The third-order valence-corrected chi connectivity index (χ3v) is 6.91. The molecule has 2 aromatic rings. The molecule has 0 spiro atoms. The van der Waals surface area contributed by atoms with E-state index < -0.39 is 0 Å². The number of halogens is 2. The molecule has 1 saturated carbocycles. The van der Waals surface area contributed by atoms with Gasteiger partial charge in [0.05, 0.1) is 5.38 Å². The lowest BCUT2D eigenvalue weighted by molar-refractivity contribution is 0.276. The van der Waals surface area contributed by atoms with Gasteiger partial charge in [0, 0.05) is 11.9 Å². The Hall–Kier alpha value is -1.02. The molecular weight excluding hydrogens is 373 g/mol. The molecule has 3 heteroatoms. The molecule has 3 unspecified atom stereocenters. The van der Waals surface area contributed by atoms with E-state index in [1.54, 1.807) is 0 Å². The van der Waals surface area contributed by atoms with E-state index in [9.17, 15) is 0 Å². The Morgan fingerprint density at radius 3 is 2.30 bits per heavy atom. The minimum absolute atomic E-state index is 0.106. The van der Waals surface area contributed by atoms with Crippen LogP contribution in [0.1, 0.15) is 55.2 Å². The van der Waals surface area contributed by atoms with Gasteiger partial charge in [-0.25, -0.2) is 0 Å². The lowest BCUT2D eigenvalue weighted by atomic mass is 9.83. The first-order valence-electron chi connectivity index (χ1n) is 10.3. The average molecular weight is 404 g/mol. The molecule has 1 aliphatic carbocycles. The van der Waals surface area contributed by atoms with Crippen LogP contribution in [-0.2, 0) is 13.0 Å². The van der Waals surface area contributed by atoms with Gasteiger partial charge in [-0.05, 0) is 67.8 Å². The zero-order valence-corrected chi connectivity index (χ0v) is 17.8. The second kappa shape index (κ2) is 10.5. The summed E-state index contributed by atoms with van der Waals surface area (Å²) >= 11 is 12.6.